The van der Waals surface area contributed by atoms with Crippen LogP contribution < -0.4 is 19.5 Å². The van der Waals surface area contributed by atoms with E-state index in [2.05, 4.69) is 33.1 Å². The fourth-order valence-corrected chi connectivity index (χ4v) is 4.63. The van der Waals surface area contributed by atoms with E-state index in [1.54, 1.807) is 32.7 Å². The Morgan fingerprint density at radius 2 is 1.66 bits per heavy atom. The van der Waals surface area contributed by atoms with E-state index in [1.807, 2.05) is 42.7 Å². The number of para-hydroxylation sites is 2. The van der Waals surface area contributed by atoms with Gasteiger partial charge in [-0.3, -0.25) is 0 Å². The minimum atomic E-state index is 0.673. The highest BCUT2D eigenvalue weighted by Gasteiger charge is 2.12. The molecule has 0 radical (unpaired) electrons. The van der Waals surface area contributed by atoms with Gasteiger partial charge in [-0.05, 0) is 29.8 Å². The number of methoxy groups -OCH3 is 3. The number of nitrogens with zero attached hydrogens (tertiary/aromatic N) is 3. The molecule has 3 aromatic carbocycles. The molecule has 0 amide bonds. The molecule has 0 aliphatic carbocycles. The molecule has 8 heteroatoms. The summed E-state index contributed by atoms with van der Waals surface area (Å²) >= 11 is 1.61. The first-order valence-electron chi connectivity index (χ1n) is 10.0. The zero-order valence-electron chi connectivity index (χ0n) is 18.0. The molecule has 162 valence electrons. The fourth-order valence-electron chi connectivity index (χ4n) is 3.69. The normalized spacial score (nSPS) is 11.1. The third-order valence-corrected chi connectivity index (χ3v) is 6.21. The van der Waals surface area contributed by atoms with Gasteiger partial charge in [0.15, 0.2) is 16.6 Å². The van der Waals surface area contributed by atoms with Crippen LogP contribution in [0, 0.1) is 0 Å². The van der Waals surface area contributed by atoms with Crippen molar-refractivity contribution in [1.29, 1.82) is 0 Å². The number of aromatic nitrogens is 3. The topological polar surface area (TPSA) is 70.4 Å². The monoisotopic (exact) mass is 446 g/mol. The van der Waals surface area contributed by atoms with Crippen LogP contribution in [0.25, 0.3) is 21.3 Å². The van der Waals surface area contributed by atoms with Crippen molar-refractivity contribution >= 4 is 43.4 Å². The zero-order valence-corrected chi connectivity index (χ0v) is 18.8. The SMILES string of the molecule is COc1ccccc1Nc1nc2ccc(Cn3cnc4cc(OC)c(OC)cc43)cc2s1. The third-order valence-electron chi connectivity index (χ3n) is 5.28. The van der Waals surface area contributed by atoms with Gasteiger partial charge in [0.1, 0.15) is 5.75 Å². The van der Waals surface area contributed by atoms with Crippen molar-refractivity contribution in [3.63, 3.8) is 0 Å². The Hall–Kier alpha value is -3.78. The molecule has 0 aliphatic rings. The van der Waals surface area contributed by atoms with Crippen LogP contribution >= 0.6 is 11.3 Å². The van der Waals surface area contributed by atoms with E-state index in [0.29, 0.717) is 18.0 Å². The van der Waals surface area contributed by atoms with E-state index in [0.717, 1.165) is 37.8 Å². The van der Waals surface area contributed by atoms with E-state index >= 15 is 0 Å². The molecule has 0 saturated heterocycles. The van der Waals surface area contributed by atoms with Crippen LogP contribution in [0.1, 0.15) is 5.56 Å². The molecule has 0 spiro atoms. The highest BCUT2D eigenvalue weighted by Crippen LogP contribution is 2.34. The second-order valence-electron chi connectivity index (χ2n) is 7.21. The van der Waals surface area contributed by atoms with Crippen molar-refractivity contribution in [3.05, 3.63) is 66.5 Å². The lowest BCUT2D eigenvalue weighted by molar-refractivity contribution is 0.355. The van der Waals surface area contributed by atoms with Crippen LogP contribution in [-0.2, 0) is 6.54 Å². The molecule has 2 aromatic heterocycles. The molecule has 5 aromatic rings. The highest BCUT2D eigenvalue weighted by atomic mass is 32.1. The second-order valence-corrected chi connectivity index (χ2v) is 8.25. The molecule has 5 rings (SSSR count). The molecular formula is C24H22N4O3S. The lowest BCUT2D eigenvalue weighted by atomic mass is 10.2. The Bertz CT molecular complexity index is 1410. The average Bonchev–Trinajstić information content (AvgIpc) is 3.41. The van der Waals surface area contributed by atoms with E-state index in [9.17, 15) is 0 Å². The summed E-state index contributed by atoms with van der Waals surface area (Å²) < 4.78 is 19.5. The first-order valence-corrected chi connectivity index (χ1v) is 10.9. The average molecular weight is 447 g/mol. The summed E-state index contributed by atoms with van der Waals surface area (Å²) in [5, 5.41) is 4.19. The molecule has 0 atom stereocenters. The Labute approximate surface area is 189 Å². The number of fused-ring (bicyclic) bond motifs is 2. The molecule has 0 fully saturated rings. The summed E-state index contributed by atoms with van der Waals surface area (Å²) in [4.78, 5) is 9.24. The summed E-state index contributed by atoms with van der Waals surface area (Å²) in [6.07, 6.45) is 1.84. The molecule has 32 heavy (non-hydrogen) atoms. The maximum atomic E-state index is 5.46. The zero-order chi connectivity index (χ0) is 22.1. The van der Waals surface area contributed by atoms with Crippen molar-refractivity contribution in [2.75, 3.05) is 26.6 Å². The van der Waals surface area contributed by atoms with Gasteiger partial charge in [-0.15, -0.1) is 0 Å². The molecule has 7 nitrogen and oxygen atoms in total. The van der Waals surface area contributed by atoms with Gasteiger partial charge in [-0.2, -0.15) is 0 Å². The number of hydrogen-bond acceptors (Lipinski definition) is 7. The van der Waals surface area contributed by atoms with Gasteiger partial charge in [0.2, 0.25) is 0 Å². The van der Waals surface area contributed by atoms with E-state index < -0.39 is 0 Å². The molecule has 0 saturated carbocycles. The molecular weight excluding hydrogens is 424 g/mol. The summed E-state index contributed by atoms with van der Waals surface area (Å²) in [7, 11) is 4.93. The lowest BCUT2D eigenvalue weighted by Crippen LogP contribution is -1.98. The van der Waals surface area contributed by atoms with Gasteiger partial charge in [0.25, 0.3) is 0 Å². The quantitative estimate of drug-likeness (QED) is 0.358. The number of imidazole rings is 1. The first-order chi connectivity index (χ1) is 15.7. The Balaban J connectivity index is 1.43. The number of ether oxygens (including phenoxy) is 3. The maximum Gasteiger partial charge on any atom is 0.188 e. The summed E-state index contributed by atoms with van der Waals surface area (Å²) in [6, 6.07) is 18.0. The van der Waals surface area contributed by atoms with Crippen molar-refractivity contribution in [1.82, 2.24) is 14.5 Å². The van der Waals surface area contributed by atoms with Gasteiger partial charge in [0, 0.05) is 18.7 Å². The van der Waals surface area contributed by atoms with Crippen molar-refractivity contribution in [2.24, 2.45) is 0 Å². The van der Waals surface area contributed by atoms with Crippen LogP contribution in [0.4, 0.5) is 10.8 Å². The number of hydrogen-bond donors (Lipinski definition) is 1. The number of nitrogens with one attached hydrogen (secondary N) is 1. The summed E-state index contributed by atoms with van der Waals surface area (Å²) in [5.74, 6) is 2.14. The van der Waals surface area contributed by atoms with E-state index in [-0.39, 0.29) is 0 Å². The van der Waals surface area contributed by atoms with E-state index in [4.69, 9.17) is 19.2 Å². The Kier molecular flexibility index (Phi) is 5.28. The largest absolute Gasteiger partial charge is 0.495 e. The van der Waals surface area contributed by atoms with Crippen molar-refractivity contribution in [2.45, 2.75) is 6.54 Å². The van der Waals surface area contributed by atoms with Gasteiger partial charge >= 0.3 is 0 Å². The maximum absolute atomic E-state index is 5.46. The third kappa shape index (κ3) is 3.69. The van der Waals surface area contributed by atoms with Crippen LogP contribution in [0.2, 0.25) is 0 Å². The predicted octanol–water partition coefficient (Wildman–Crippen LogP) is 5.46. The fraction of sp³-hybridized carbons (Fsp3) is 0.167. The molecule has 0 aliphatic heterocycles. The first kappa shape index (κ1) is 20.1. The Morgan fingerprint density at radius 1 is 0.875 bits per heavy atom. The van der Waals surface area contributed by atoms with Crippen LogP contribution in [-0.4, -0.2) is 35.9 Å². The molecule has 1 N–H and O–H groups in total. The molecule has 0 unspecified atom stereocenters. The number of rotatable bonds is 7. The van der Waals surface area contributed by atoms with E-state index in [1.165, 1.54) is 5.56 Å². The molecule has 2 heterocycles. The number of anilines is 2. The number of benzene rings is 3. The van der Waals surface area contributed by atoms with Crippen LogP contribution in [0.5, 0.6) is 17.2 Å². The van der Waals surface area contributed by atoms with Gasteiger partial charge < -0.3 is 24.1 Å². The molecule has 0 bridgehead atoms. The number of thiazole rings is 1. The predicted molar refractivity (Wildman–Crippen MR) is 128 cm³/mol. The van der Waals surface area contributed by atoms with Crippen LogP contribution in [0.15, 0.2) is 60.9 Å². The second kappa shape index (κ2) is 8.39. The van der Waals surface area contributed by atoms with Crippen molar-refractivity contribution < 1.29 is 14.2 Å². The minimum Gasteiger partial charge on any atom is -0.495 e. The van der Waals surface area contributed by atoms with Gasteiger partial charge in [-0.25, -0.2) is 9.97 Å². The Morgan fingerprint density at radius 3 is 2.47 bits per heavy atom. The van der Waals surface area contributed by atoms with Crippen LogP contribution in [0.3, 0.4) is 0 Å². The smallest absolute Gasteiger partial charge is 0.188 e. The van der Waals surface area contributed by atoms with Gasteiger partial charge in [0.05, 0.1) is 54.6 Å². The highest BCUT2D eigenvalue weighted by molar-refractivity contribution is 7.22. The summed E-state index contributed by atoms with van der Waals surface area (Å²) in [6.45, 7) is 0.690. The minimum absolute atomic E-state index is 0.673. The van der Waals surface area contributed by atoms with Gasteiger partial charge in [-0.1, -0.05) is 29.5 Å². The van der Waals surface area contributed by atoms with Crippen molar-refractivity contribution in [3.8, 4) is 17.2 Å². The standard InChI is InChI=1S/C24H22N4O3S/c1-29-20-7-5-4-6-16(20)26-24-27-17-9-8-15(10-23(17)32-24)13-28-14-25-18-11-21(30-2)22(31-3)12-19(18)28/h4-12,14H,13H2,1-3H3,(H,26,27). The summed E-state index contributed by atoms with van der Waals surface area (Å²) in [5.41, 5.74) is 4.87. The lowest BCUT2D eigenvalue weighted by Gasteiger charge is -2.09.